The Morgan fingerprint density at radius 1 is 1.50 bits per heavy atom. The molecule has 0 radical (unpaired) electrons. The number of hydrogen-bond acceptors (Lipinski definition) is 2. The zero-order valence-corrected chi connectivity index (χ0v) is 9.20. The first-order chi connectivity index (χ1) is 5.38. The quantitative estimate of drug-likeness (QED) is 0.635. The van der Waals surface area contributed by atoms with Crippen LogP contribution >= 0.6 is 0 Å². The van der Waals surface area contributed by atoms with Crippen molar-refractivity contribution in [2.75, 3.05) is 13.7 Å². The Balaban J connectivity index is 4.24. The highest BCUT2D eigenvalue weighted by Gasteiger charge is 2.18. The van der Waals surface area contributed by atoms with E-state index in [2.05, 4.69) is 4.40 Å². The Labute approximate surface area is 76.8 Å². The molecule has 0 fully saturated rings. The molecule has 0 rings (SSSR count). The van der Waals surface area contributed by atoms with E-state index in [0.717, 1.165) is 5.71 Å². The molecule has 0 aliphatic heterocycles. The lowest BCUT2D eigenvalue weighted by Crippen LogP contribution is -2.21. The molecular weight excluding hydrogens is 174 g/mol. The summed E-state index contributed by atoms with van der Waals surface area (Å²) in [7, 11) is 0.435. The second kappa shape index (κ2) is 4.72. The van der Waals surface area contributed by atoms with E-state index in [-0.39, 0.29) is 4.75 Å². The van der Waals surface area contributed by atoms with Gasteiger partial charge in [-0.3, -0.25) is 0 Å². The minimum atomic E-state index is -1.16. The van der Waals surface area contributed by atoms with E-state index < -0.39 is 11.0 Å². The fraction of sp³-hybridized carbons (Fsp3) is 0.875. The van der Waals surface area contributed by atoms with Gasteiger partial charge in [0.05, 0.1) is 17.1 Å². The number of hydrogen-bond donors (Lipinski definition) is 0. The van der Waals surface area contributed by atoms with Gasteiger partial charge in [0.25, 0.3) is 0 Å². The van der Waals surface area contributed by atoms with Crippen LogP contribution < -0.4 is 0 Å². The topological polar surface area (TPSA) is 38.7 Å². The van der Waals surface area contributed by atoms with Crippen LogP contribution in [0.15, 0.2) is 4.40 Å². The smallest absolute Gasteiger partial charge is 0.144 e. The van der Waals surface area contributed by atoms with Crippen molar-refractivity contribution in [3.63, 3.8) is 0 Å². The molecule has 0 N–H and O–H groups in total. The van der Waals surface area contributed by atoms with E-state index in [1.54, 1.807) is 7.11 Å². The predicted octanol–water partition coefficient (Wildman–Crippen LogP) is 1.56. The van der Waals surface area contributed by atoms with E-state index in [1.165, 1.54) is 0 Å². The SMILES string of the molecule is COC/C(C)=N/S(=O)C(C)(C)C. The molecule has 0 amide bonds. The molecule has 0 heterocycles. The Bertz CT molecular complexity index is 194. The summed E-state index contributed by atoms with van der Waals surface area (Å²) in [6.07, 6.45) is 0. The highest BCUT2D eigenvalue weighted by atomic mass is 32.2. The maximum absolute atomic E-state index is 11.4. The van der Waals surface area contributed by atoms with Crippen LogP contribution in [0.1, 0.15) is 27.7 Å². The van der Waals surface area contributed by atoms with E-state index in [4.69, 9.17) is 4.74 Å². The molecule has 0 aromatic heterocycles. The lowest BCUT2D eigenvalue weighted by atomic mass is 10.3. The average Bonchev–Trinajstić information content (AvgIpc) is 1.85. The minimum absolute atomic E-state index is 0.283. The second-order valence-electron chi connectivity index (χ2n) is 3.62. The summed E-state index contributed by atoms with van der Waals surface area (Å²) >= 11 is 0. The first-order valence-electron chi connectivity index (χ1n) is 3.83. The molecule has 0 saturated carbocycles. The maximum Gasteiger partial charge on any atom is 0.144 e. The number of rotatable bonds is 3. The summed E-state index contributed by atoms with van der Waals surface area (Å²) in [5.74, 6) is 0. The van der Waals surface area contributed by atoms with Gasteiger partial charge in [-0.05, 0) is 27.7 Å². The molecule has 12 heavy (non-hydrogen) atoms. The summed E-state index contributed by atoms with van der Waals surface area (Å²) in [5, 5.41) is 0. The van der Waals surface area contributed by atoms with Gasteiger partial charge in [-0.15, -0.1) is 0 Å². The summed E-state index contributed by atoms with van der Waals surface area (Å²) < 4.78 is 20.0. The Morgan fingerprint density at radius 2 is 2.00 bits per heavy atom. The third-order valence-electron chi connectivity index (χ3n) is 1.12. The first-order valence-corrected chi connectivity index (χ1v) is 4.93. The normalized spacial score (nSPS) is 16.2. The zero-order chi connectivity index (χ0) is 9.78. The highest BCUT2D eigenvalue weighted by molar-refractivity contribution is 7.85. The molecule has 1 atom stereocenters. The van der Waals surface area contributed by atoms with Crippen molar-refractivity contribution in [3.8, 4) is 0 Å². The monoisotopic (exact) mass is 191 g/mol. The summed E-state index contributed by atoms with van der Waals surface area (Å²) in [6, 6.07) is 0. The van der Waals surface area contributed by atoms with Crippen LogP contribution in [0, 0.1) is 0 Å². The Morgan fingerprint density at radius 3 is 2.33 bits per heavy atom. The first kappa shape index (κ1) is 11.8. The van der Waals surface area contributed by atoms with Crippen LogP contribution in [0.5, 0.6) is 0 Å². The highest BCUT2D eigenvalue weighted by Crippen LogP contribution is 2.12. The Hall–Kier alpha value is -0.220. The van der Waals surface area contributed by atoms with Crippen LogP contribution in [0.2, 0.25) is 0 Å². The second-order valence-corrected chi connectivity index (χ2v) is 5.53. The molecule has 0 aromatic rings. The average molecular weight is 191 g/mol. The zero-order valence-electron chi connectivity index (χ0n) is 8.38. The van der Waals surface area contributed by atoms with Gasteiger partial charge < -0.3 is 4.74 Å². The van der Waals surface area contributed by atoms with Gasteiger partial charge in [-0.1, -0.05) is 0 Å². The molecule has 0 saturated heterocycles. The van der Waals surface area contributed by atoms with Gasteiger partial charge in [-0.2, -0.15) is 4.40 Å². The fourth-order valence-corrected chi connectivity index (χ4v) is 1.12. The molecule has 72 valence electrons. The molecule has 1 unspecified atom stereocenters. The molecule has 0 spiro atoms. The molecular formula is C8H17NO2S. The molecule has 0 aromatic carbocycles. The van der Waals surface area contributed by atoms with Crippen molar-refractivity contribution in [1.82, 2.24) is 0 Å². The minimum Gasteiger partial charge on any atom is -0.379 e. The third kappa shape index (κ3) is 4.62. The summed E-state index contributed by atoms with van der Waals surface area (Å²) in [4.78, 5) is 0. The summed E-state index contributed by atoms with van der Waals surface area (Å²) in [6.45, 7) is 7.95. The van der Waals surface area contributed by atoms with Crippen LogP contribution in [-0.4, -0.2) is 28.4 Å². The van der Waals surface area contributed by atoms with Crippen molar-refractivity contribution in [2.45, 2.75) is 32.4 Å². The van der Waals surface area contributed by atoms with Crippen LogP contribution in [-0.2, 0) is 15.7 Å². The van der Waals surface area contributed by atoms with Crippen molar-refractivity contribution < 1.29 is 8.95 Å². The van der Waals surface area contributed by atoms with E-state index >= 15 is 0 Å². The lowest BCUT2D eigenvalue weighted by Gasteiger charge is -2.13. The molecule has 0 aliphatic rings. The molecule has 0 bridgehead atoms. The fourth-order valence-electron chi connectivity index (χ4n) is 0.514. The van der Waals surface area contributed by atoms with Crippen molar-refractivity contribution in [2.24, 2.45) is 4.40 Å². The Kier molecular flexibility index (Phi) is 4.63. The van der Waals surface area contributed by atoms with Gasteiger partial charge >= 0.3 is 0 Å². The van der Waals surface area contributed by atoms with E-state index in [9.17, 15) is 4.21 Å². The standard InChI is InChI=1S/C8H17NO2S/c1-7(6-11-5)9-12(10)8(2,3)4/h6H2,1-5H3/b9-7+. The van der Waals surface area contributed by atoms with Gasteiger partial charge in [0, 0.05) is 7.11 Å². The van der Waals surface area contributed by atoms with Crippen molar-refractivity contribution >= 4 is 16.7 Å². The maximum atomic E-state index is 11.4. The van der Waals surface area contributed by atoms with Gasteiger partial charge in [0.1, 0.15) is 11.0 Å². The summed E-state index contributed by atoms with van der Waals surface area (Å²) in [5.41, 5.74) is 0.769. The van der Waals surface area contributed by atoms with Gasteiger partial charge in [-0.25, -0.2) is 4.21 Å². The largest absolute Gasteiger partial charge is 0.379 e. The van der Waals surface area contributed by atoms with Crippen LogP contribution in [0.25, 0.3) is 0 Å². The lowest BCUT2D eigenvalue weighted by molar-refractivity contribution is 0.245. The number of methoxy groups -OCH3 is 1. The third-order valence-corrected chi connectivity index (χ3v) is 2.64. The van der Waals surface area contributed by atoms with Gasteiger partial charge in [0.15, 0.2) is 0 Å². The van der Waals surface area contributed by atoms with Crippen LogP contribution in [0.4, 0.5) is 0 Å². The number of nitrogens with zero attached hydrogens (tertiary/aromatic N) is 1. The predicted molar refractivity (Wildman–Crippen MR) is 52.9 cm³/mol. The van der Waals surface area contributed by atoms with Crippen LogP contribution in [0.3, 0.4) is 0 Å². The van der Waals surface area contributed by atoms with E-state index in [0.29, 0.717) is 6.61 Å². The molecule has 3 nitrogen and oxygen atoms in total. The van der Waals surface area contributed by atoms with Gasteiger partial charge in [0.2, 0.25) is 0 Å². The van der Waals surface area contributed by atoms with E-state index in [1.807, 2.05) is 27.7 Å². The molecule has 4 heteroatoms. The van der Waals surface area contributed by atoms with Crippen molar-refractivity contribution in [3.05, 3.63) is 0 Å². The van der Waals surface area contributed by atoms with Crippen molar-refractivity contribution in [1.29, 1.82) is 0 Å². The molecule has 0 aliphatic carbocycles. The number of ether oxygens (including phenoxy) is 1.